The molecule has 0 spiro atoms. The van der Waals surface area contributed by atoms with Crippen LogP contribution in [-0.2, 0) is 0 Å². The van der Waals surface area contributed by atoms with Gasteiger partial charge in [0.1, 0.15) is 0 Å². The van der Waals surface area contributed by atoms with E-state index < -0.39 is 0 Å². The van der Waals surface area contributed by atoms with E-state index >= 15 is 0 Å². The van der Waals surface area contributed by atoms with Gasteiger partial charge in [-0.05, 0) is 30.6 Å². The van der Waals surface area contributed by atoms with Crippen LogP contribution >= 0.6 is 0 Å². The van der Waals surface area contributed by atoms with Gasteiger partial charge in [0.25, 0.3) is 0 Å². The summed E-state index contributed by atoms with van der Waals surface area (Å²) in [4.78, 5) is 0. The van der Waals surface area contributed by atoms with Gasteiger partial charge in [-0.1, -0.05) is 78.9 Å². The van der Waals surface area contributed by atoms with Crippen LogP contribution in [0.2, 0.25) is 0 Å². The van der Waals surface area contributed by atoms with Gasteiger partial charge in [0.05, 0.1) is 0 Å². The van der Waals surface area contributed by atoms with E-state index in [1.165, 1.54) is 44.1 Å². The highest BCUT2D eigenvalue weighted by Crippen LogP contribution is 2.25. The first-order valence-electron chi connectivity index (χ1n) is 7.64. The topological polar surface area (TPSA) is 0 Å². The molecule has 0 aromatic heterocycles. The molecule has 0 bridgehead atoms. The number of rotatable bonds is 10. The Morgan fingerprint density at radius 1 is 0.882 bits per heavy atom. The zero-order valence-electron chi connectivity index (χ0n) is 12.9. The Morgan fingerprint density at radius 3 is 2.00 bits per heavy atom. The number of unbranched alkanes of at least 4 members (excludes halogenated alkanes) is 2. The predicted molar refractivity (Wildman–Crippen MR) is 80.3 cm³/mol. The van der Waals surface area contributed by atoms with E-state index in [1.807, 2.05) is 0 Å². The maximum atomic E-state index is 4.12. The molecule has 102 valence electrons. The Labute approximate surface area is 110 Å². The van der Waals surface area contributed by atoms with Crippen molar-refractivity contribution >= 4 is 0 Å². The molecule has 0 amide bonds. The number of hydrogen-bond acceptors (Lipinski definition) is 0. The fraction of sp³-hybridized carbons (Fsp3) is 0.882. The van der Waals surface area contributed by atoms with Crippen LogP contribution in [0.25, 0.3) is 0 Å². The van der Waals surface area contributed by atoms with Crippen molar-refractivity contribution in [1.82, 2.24) is 0 Å². The normalized spacial score (nSPS) is 14.9. The molecule has 17 heavy (non-hydrogen) atoms. The molecule has 0 heterocycles. The van der Waals surface area contributed by atoms with Crippen molar-refractivity contribution in [3.05, 3.63) is 12.2 Å². The van der Waals surface area contributed by atoms with Crippen LogP contribution in [0.15, 0.2) is 12.2 Å². The minimum Gasteiger partial charge on any atom is -0.0999 e. The van der Waals surface area contributed by atoms with Crippen molar-refractivity contribution in [2.75, 3.05) is 0 Å². The summed E-state index contributed by atoms with van der Waals surface area (Å²) in [6.45, 7) is 15.8. The van der Waals surface area contributed by atoms with Gasteiger partial charge in [-0.3, -0.25) is 0 Å². The molecule has 2 atom stereocenters. The molecule has 0 saturated carbocycles. The van der Waals surface area contributed by atoms with Crippen molar-refractivity contribution in [2.45, 2.75) is 79.6 Å². The lowest BCUT2D eigenvalue weighted by Gasteiger charge is -2.20. The molecule has 0 aromatic carbocycles. The Bertz CT molecular complexity index is 190. The molecule has 2 unspecified atom stereocenters. The summed E-state index contributed by atoms with van der Waals surface area (Å²) in [6, 6.07) is 0. The molecular formula is C17H34. The Kier molecular flexibility index (Phi) is 9.59. The van der Waals surface area contributed by atoms with E-state index in [2.05, 4.69) is 41.2 Å². The smallest absolute Gasteiger partial charge is 0.0295 e. The first-order chi connectivity index (χ1) is 7.97. The molecule has 0 fully saturated rings. The summed E-state index contributed by atoms with van der Waals surface area (Å²) in [5, 5.41) is 0. The highest BCUT2D eigenvalue weighted by Gasteiger charge is 2.12. The van der Waals surface area contributed by atoms with Crippen LogP contribution in [-0.4, -0.2) is 0 Å². The molecule has 0 nitrogen and oxygen atoms in total. The molecule has 0 aliphatic heterocycles. The van der Waals surface area contributed by atoms with Gasteiger partial charge < -0.3 is 0 Å². The van der Waals surface area contributed by atoms with Gasteiger partial charge >= 0.3 is 0 Å². The maximum Gasteiger partial charge on any atom is -0.0295 e. The maximum absolute atomic E-state index is 4.12. The van der Waals surface area contributed by atoms with Gasteiger partial charge in [-0.2, -0.15) is 0 Å². The van der Waals surface area contributed by atoms with Gasteiger partial charge in [0.2, 0.25) is 0 Å². The SMILES string of the molecule is C=C(CC)CC(C)C(C)CCCCCC(C)C. The standard InChI is InChI=1S/C17H34/c1-7-15(4)13-17(6)16(5)12-10-8-9-11-14(2)3/h14,16-17H,4,7-13H2,1-3,5-6H3. The third kappa shape index (κ3) is 9.44. The molecule has 0 radical (unpaired) electrons. The lowest BCUT2D eigenvalue weighted by molar-refractivity contribution is 0.345. The first-order valence-corrected chi connectivity index (χ1v) is 7.64. The fourth-order valence-corrected chi connectivity index (χ4v) is 2.28. The third-order valence-corrected chi connectivity index (χ3v) is 4.02. The largest absolute Gasteiger partial charge is 0.0999 e. The number of allylic oxidation sites excluding steroid dienone is 1. The molecular weight excluding hydrogens is 204 g/mol. The lowest BCUT2D eigenvalue weighted by atomic mass is 9.85. The summed E-state index contributed by atoms with van der Waals surface area (Å²) >= 11 is 0. The first kappa shape index (κ1) is 16.7. The highest BCUT2D eigenvalue weighted by atomic mass is 14.2. The van der Waals surface area contributed by atoms with E-state index in [1.54, 1.807) is 0 Å². The molecule has 0 aromatic rings. The quantitative estimate of drug-likeness (QED) is 0.313. The minimum absolute atomic E-state index is 0.813. The Hall–Kier alpha value is -0.260. The van der Waals surface area contributed by atoms with Crippen molar-refractivity contribution in [2.24, 2.45) is 17.8 Å². The average molecular weight is 238 g/mol. The van der Waals surface area contributed by atoms with Gasteiger partial charge in [0.15, 0.2) is 0 Å². The summed E-state index contributed by atoms with van der Waals surface area (Å²) in [5.74, 6) is 2.55. The third-order valence-electron chi connectivity index (χ3n) is 4.02. The Balaban J connectivity index is 3.56. The zero-order valence-corrected chi connectivity index (χ0v) is 12.9. The van der Waals surface area contributed by atoms with Gasteiger partial charge in [-0.25, -0.2) is 0 Å². The molecule has 0 rings (SSSR count). The second kappa shape index (κ2) is 9.74. The van der Waals surface area contributed by atoms with Crippen LogP contribution in [0.4, 0.5) is 0 Å². The van der Waals surface area contributed by atoms with Crippen molar-refractivity contribution in [3.8, 4) is 0 Å². The monoisotopic (exact) mass is 238 g/mol. The van der Waals surface area contributed by atoms with Crippen LogP contribution in [0, 0.1) is 17.8 Å². The van der Waals surface area contributed by atoms with Crippen LogP contribution < -0.4 is 0 Å². The summed E-state index contributed by atoms with van der Waals surface area (Å²) in [7, 11) is 0. The Morgan fingerprint density at radius 2 is 1.47 bits per heavy atom. The zero-order chi connectivity index (χ0) is 13.3. The van der Waals surface area contributed by atoms with E-state index in [0.717, 1.165) is 24.2 Å². The van der Waals surface area contributed by atoms with Gasteiger partial charge in [-0.15, -0.1) is 0 Å². The summed E-state index contributed by atoms with van der Waals surface area (Å²) in [6.07, 6.45) is 9.42. The number of hydrogen-bond donors (Lipinski definition) is 0. The summed E-state index contributed by atoms with van der Waals surface area (Å²) in [5.41, 5.74) is 1.42. The fourth-order valence-electron chi connectivity index (χ4n) is 2.28. The molecule has 0 heteroatoms. The second-order valence-corrected chi connectivity index (χ2v) is 6.29. The van der Waals surface area contributed by atoms with Crippen molar-refractivity contribution < 1.29 is 0 Å². The minimum atomic E-state index is 0.813. The lowest BCUT2D eigenvalue weighted by Crippen LogP contribution is -2.08. The molecule has 0 aliphatic rings. The van der Waals surface area contributed by atoms with Crippen molar-refractivity contribution in [1.29, 1.82) is 0 Å². The highest BCUT2D eigenvalue weighted by molar-refractivity contribution is 4.94. The summed E-state index contributed by atoms with van der Waals surface area (Å²) < 4.78 is 0. The van der Waals surface area contributed by atoms with Gasteiger partial charge in [0, 0.05) is 0 Å². The van der Waals surface area contributed by atoms with E-state index in [-0.39, 0.29) is 0 Å². The van der Waals surface area contributed by atoms with Crippen LogP contribution in [0.1, 0.15) is 79.6 Å². The molecule has 0 N–H and O–H groups in total. The second-order valence-electron chi connectivity index (χ2n) is 6.29. The van der Waals surface area contributed by atoms with E-state index in [0.29, 0.717) is 0 Å². The van der Waals surface area contributed by atoms with Crippen molar-refractivity contribution in [3.63, 3.8) is 0 Å². The molecule has 0 saturated heterocycles. The molecule has 0 aliphatic carbocycles. The van der Waals surface area contributed by atoms with Crippen LogP contribution in [0.5, 0.6) is 0 Å². The van der Waals surface area contributed by atoms with E-state index in [4.69, 9.17) is 0 Å². The van der Waals surface area contributed by atoms with Crippen LogP contribution in [0.3, 0.4) is 0 Å². The van der Waals surface area contributed by atoms with E-state index in [9.17, 15) is 0 Å². The predicted octanol–water partition coefficient (Wildman–Crippen LogP) is 6.22. The average Bonchev–Trinajstić information content (AvgIpc) is 2.27.